The van der Waals surface area contributed by atoms with E-state index in [1.54, 1.807) is 34.6 Å². The van der Waals surface area contributed by atoms with Crippen LogP contribution in [0.15, 0.2) is 0 Å². The van der Waals surface area contributed by atoms with Crippen molar-refractivity contribution in [2.75, 3.05) is 19.8 Å². The summed E-state index contributed by atoms with van der Waals surface area (Å²) in [6, 6.07) is 0. The third-order valence-electron chi connectivity index (χ3n) is 2.03. The zero-order chi connectivity index (χ0) is 14.1. The summed E-state index contributed by atoms with van der Waals surface area (Å²) >= 11 is 2.59. The first-order valence-corrected chi connectivity index (χ1v) is 7.15. The van der Waals surface area contributed by atoms with Crippen LogP contribution in [0, 0.1) is 0 Å². The third-order valence-corrected chi connectivity index (χ3v) is 2.79. The molecule has 10 heteroatoms. The molecule has 19 heavy (non-hydrogen) atoms. The Morgan fingerprint density at radius 2 is 2.37 bits per heavy atom. The Morgan fingerprint density at radius 1 is 1.58 bits per heavy atom. The highest BCUT2D eigenvalue weighted by molar-refractivity contribution is 14.1. The molecule has 2 N–H and O–H groups in total. The number of nitrogens with two attached hydrogens (primary N) is 1. The number of carbonyl (C=O) groups excluding carboxylic acids is 1. The van der Waals surface area contributed by atoms with Crippen molar-refractivity contribution < 1.29 is 16.2 Å². The average molecular weight is 402 g/mol. The minimum absolute atomic E-state index is 0.0445. The van der Waals surface area contributed by atoms with Gasteiger partial charge in [0.2, 0.25) is 0 Å². The molecule has 0 unspecified atom stereocenters. The largest absolute Gasteiger partial charge is 0.460 e. The van der Waals surface area contributed by atoms with Gasteiger partial charge in [-0.2, -0.15) is 0 Å². The minimum atomic E-state index is -0.537. The lowest BCUT2D eigenvalue weighted by atomic mass is 10.4. The average Bonchev–Trinajstić information content (AvgIpc) is 2.79. The second kappa shape index (κ2) is 9.47. The molecule has 8 nitrogen and oxygen atoms in total. The van der Waals surface area contributed by atoms with Gasteiger partial charge in [-0.05, 0) is 13.5 Å². The molecule has 0 saturated heterocycles. The fraction of sp³-hybridized carbons (Fsp3) is 0.667. The fourth-order valence-corrected chi connectivity index (χ4v) is 1.82. The Bertz CT molecular complexity index is 404. The fourth-order valence-electron chi connectivity index (χ4n) is 1.33. The van der Waals surface area contributed by atoms with Gasteiger partial charge in [0.25, 0.3) is 5.82 Å². The van der Waals surface area contributed by atoms with Crippen molar-refractivity contribution in [2.24, 2.45) is 5.73 Å². The van der Waals surface area contributed by atoms with E-state index in [2.05, 4.69) is 12.6 Å². The number of aromatic nitrogens is 3. The summed E-state index contributed by atoms with van der Waals surface area (Å²) in [5.74, 6) is 0.142. The lowest BCUT2D eigenvalue weighted by Crippen LogP contribution is -2.13. The molecule has 0 fully saturated rings. The molecule has 1 heterocycles. The first-order chi connectivity index (χ1) is 9.22. The number of carbonyl (C=O) groups is 1. The molecule has 0 saturated carbocycles. The quantitative estimate of drug-likeness (QED) is 0.282. The van der Waals surface area contributed by atoms with Gasteiger partial charge < -0.3 is 10.5 Å². The minimum Gasteiger partial charge on any atom is -0.460 e. The van der Waals surface area contributed by atoms with Crippen LogP contribution in [0.3, 0.4) is 0 Å². The Balaban J connectivity index is 2.68. The standard InChI is InChI=1S/C9H15IN4O4S/c1-2-16-9(15)8-12-7(3-4-11)14(13-8)5-6-17-19-18-10/h2-6,11H2,1H3. The Labute approximate surface area is 129 Å². The van der Waals surface area contributed by atoms with Crippen molar-refractivity contribution in [3.05, 3.63) is 11.6 Å². The second-order valence-electron chi connectivity index (χ2n) is 3.29. The molecular formula is C9H15IN4O4S. The van der Waals surface area contributed by atoms with Gasteiger partial charge in [0.05, 0.1) is 19.8 Å². The van der Waals surface area contributed by atoms with Crippen molar-refractivity contribution in [2.45, 2.75) is 19.9 Å². The second-order valence-corrected chi connectivity index (χ2v) is 4.86. The molecular weight excluding hydrogens is 387 g/mol. The molecule has 108 valence electrons. The van der Waals surface area contributed by atoms with E-state index >= 15 is 0 Å². The predicted octanol–water partition coefficient (Wildman–Crippen LogP) is 0.902. The van der Waals surface area contributed by atoms with E-state index in [0.717, 1.165) is 12.3 Å². The summed E-state index contributed by atoms with van der Waals surface area (Å²) in [5, 5.41) is 4.09. The molecule has 0 bridgehead atoms. The van der Waals surface area contributed by atoms with E-state index < -0.39 is 5.97 Å². The molecule has 0 spiro atoms. The number of ether oxygens (including phenoxy) is 1. The van der Waals surface area contributed by atoms with Gasteiger partial charge in [-0.1, -0.05) is 0 Å². The Kier molecular flexibility index (Phi) is 8.29. The summed E-state index contributed by atoms with van der Waals surface area (Å²) in [4.78, 5) is 15.7. The first-order valence-electron chi connectivity index (χ1n) is 5.60. The number of rotatable bonds is 9. The van der Waals surface area contributed by atoms with E-state index in [0.29, 0.717) is 31.9 Å². The zero-order valence-electron chi connectivity index (χ0n) is 10.4. The van der Waals surface area contributed by atoms with Gasteiger partial charge in [0.1, 0.15) is 28.8 Å². The van der Waals surface area contributed by atoms with Gasteiger partial charge in [-0.25, -0.2) is 17.0 Å². The molecule has 0 amide bonds. The molecule has 0 radical (unpaired) electrons. The van der Waals surface area contributed by atoms with Crippen LogP contribution < -0.4 is 5.73 Å². The summed E-state index contributed by atoms with van der Waals surface area (Å²) in [6.45, 7) is 3.26. The van der Waals surface area contributed by atoms with Crippen molar-refractivity contribution in [1.82, 2.24) is 14.8 Å². The van der Waals surface area contributed by atoms with Gasteiger partial charge in [0, 0.05) is 6.42 Å². The zero-order valence-corrected chi connectivity index (χ0v) is 13.3. The van der Waals surface area contributed by atoms with E-state index in [1.165, 1.54) is 0 Å². The van der Waals surface area contributed by atoms with E-state index in [1.807, 2.05) is 0 Å². The highest BCUT2D eigenvalue weighted by Gasteiger charge is 2.16. The van der Waals surface area contributed by atoms with Crippen LogP contribution in [-0.4, -0.2) is 40.5 Å². The molecule has 1 rings (SSSR count). The highest BCUT2D eigenvalue weighted by Crippen LogP contribution is 2.09. The maximum absolute atomic E-state index is 11.5. The molecule has 0 aliphatic carbocycles. The summed E-state index contributed by atoms with van der Waals surface area (Å²) in [7, 11) is 0. The van der Waals surface area contributed by atoms with Gasteiger partial charge >= 0.3 is 5.97 Å². The maximum atomic E-state index is 11.5. The normalized spacial score (nSPS) is 10.7. The van der Waals surface area contributed by atoms with Crippen molar-refractivity contribution in [3.8, 4) is 0 Å². The van der Waals surface area contributed by atoms with Crippen LogP contribution in [0.5, 0.6) is 0 Å². The molecule has 0 aromatic carbocycles. The molecule has 1 aromatic heterocycles. The first kappa shape index (κ1) is 16.6. The molecule has 0 atom stereocenters. The molecule has 0 aliphatic rings. The Hall–Kier alpha value is -0.430. The number of nitrogens with zero attached hydrogens (tertiary/aromatic N) is 3. The lowest BCUT2D eigenvalue weighted by Gasteiger charge is -2.03. The maximum Gasteiger partial charge on any atom is 0.378 e. The van der Waals surface area contributed by atoms with Crippen molar-refractivity contribution >= 4 is 41.3 Å². The number of hydrogen-bond donors (Lipinski definition) is 1. The monoisotopic (exact) mass is 402 g/mol. The van der Waals surface area contributed by atoms with Crippen LogP contribution in [0.25, 0.3) is 0 Å². The number of esters is 1. The van der Waals surface area contributed by atoms with E-state index in [4.69, 9.17) is 14.7 Å². The smallest absolute Gasteiger partial charge is 0.378 e. The van der Waals surface area contributed by atoms with Gasteiger partial charge in [0.15, 0.2) is 12.3 Å². The predicted molar refractivity (Wildman–Crippen MR) is 77.4 cm³/mol. The number of halogens is 1. The summed E-state index contributed by atoms with van der Waals surface area (Å²) in [6.07, 6.45) is 0.530. The van der Waals surface area contributed by atoms with Crippen LogP contribution in [0.4, 0.5) is 0 Å². The van der Waals surface area contributed by atoms with E-state index in [9.17, 15) is 4.79 Å². The van der Waals surface area contributed by atoms with Gasteiger partial charge in [-0.15, -0.1) is 5.10 Å². The topological polar surface area (TPSA) is 101 Å². The van der Waals surface area contributed by atoms with Crippen molar-refractivity contribution in [1.29, 1.82) is 0 Å². The molecule has 1 aromatic rings. The molecule has 0 aliphatic heterocycles. The number of hydrogen-bond acceptors (Lipinski definition) is 8. The SMILES string of the molecule is CCOC(=O)c1nc(CCN)n(CCOSOI)n1. The van der Waals surface area contributed by atoms with Crippen LogP contribution in [0.2, 0.25) is 0 Å². The van der Waals surface area contributed by atoms with Crippen LogP contribution >= 0.6 is 35.3 Å². The Morgan fingerprint density at radius 3 is 3.00 bits per heavy atom. The van der Waals surface area contributed by atoms with Crippen LogP contribution in [-0.2, 0) is 24.4 Å². The highest BCUT2D eigenvalue weighted by atomic mass is 127. The van der Waals surface area contributed by atoms with E-state index in [-0.39, 0.29) is 12.4 Å². The summed E-state index contributed by atoms with van der Waals surface area (Å²) in [5.41, 5.74) is 5.50. The van der Waals surface area contributed by atoms with Gasteiger partial charge in [-0.3, -0.25) is 4.18 Å². The summed E-state index contributed by atoms with van der Waals surface area (Å²) < 4.78 is 16.2. The van der Waals surface area contributed by atoms with Crippen molar-refractivity contribution in [3.63, 3.8) is 0 Å². The van der Waals surface area contributed by atoms with Crippen LogP contribution in [0.1, 0.15) is 23.4 Å². The third kappa shape index (κ3) is 5.60. The lowest BCUT2D eigenvalue weighted by molar-refractivity contribution is 0.0511.